The van der Waals surface area contributed by atoms with Crippen LogP contribution in [0.4, 0.5) is 69.0 Å². The van der Waals surface area contributed by atoms with Gasteiger partial charge in [-0.05, 0) is 36.4 Å². The second kappa shape index (κ2) is 22.1. The van der Waals surface area contributed by atoms with E-state index >= 15 is 0 Å². The number of hydrogen-bond acceptors (Lipinski definition) is 12. The smallest absolute Gasteiger partial charge is 0.146 e. The Hall–Kier alpha value is -7.99. The summed E-state index contributed by atoms with van der Waals surface area (Å²) in [6.07, 6.45) is 5.62. The van der Waals surface area contributed by atoms with Crippen molar-refractivity contribution in [1.82, 2.24) is 29.9 Å². The number of para-hydroxylation sites is 6. The number of rotatable bonds is 6. The molecule has 3 aliphatic heterocycles. The Morgan fingerprint density at radius 2 is 0.566 bits per heavy atom. The van der Waals surface area contributed by atoms with E-state index in [9.17, 15) is 0 Å². The molecule has 0 spiro atoms. The molecule has 0 unspecified atom stereocenters. The predicted molar refractivity (Wildman–Crippen MR) is 303 cm³/mol. The standard InChI is InChI=1S/3C21H20N4.Ir/c3*1-21(2,3)18-14-22-19-20(23-18)25(17-12-8-5-9-13-17)15-24(19)16-10-6-4-7-11-16;/h4-10,12-15H,1-3H3;2*4-12,14-15H,1-3H3;/q3*-2;. The summed E-state index contributed by atoms with van der Waals surface area (Å²) in [5.41, 5.74) is 8.73. The minimum atomic E-state index is -0.0612. The van der Waals surface area contributed by atoms with E-state index < -0.39 is 0 Å². The van der Waals surface area contributed by atoms with Crippen LogP contribution in [0.1, 0.15) is 79.4 Å². The minimum absolute atomic E-state index is 0. The van der Waals surface area contributed by atoms with Gasteiger partial charge in [0.1, 0.15) is 34.9 Å². The summed E-state index contributed by atoms with van der Waals surface area (Å²) >= 11 is 0. The fourth-order valence-corrected chi connectivity index (χ4v) is 8.33. The molecule has 6 heterocycles. The molecule has 12 rings (SSSR count). The van der Waals surface area contributed by atoms with Gasteiger partial charge in [0.2, 0.25) is 0 Å². The van der Waals surface area contributed by atoms with Gasteiger partial charge in [0, 0.05) is 53.4 Å². The van der Waals surface area contributed by atoms with Gasteiger partial charge in [-0.2, -0.15) is 91.0 Å². The summed E-state index contributed by atoms with van der Waals surface area (Å²) in [5.74, 6) is 4.99. The van der Waals surface area contributed by atoms with Gasteiger partial charge in [-0.25, -0.2) is 29.9 Å². The SMILES string of the molecule is CC(C)(C)c1cnc2c(n1)N(c1[c-]cccc1)[CH-]N2c1ccccc1.CC(C)(C)c1cnc2c(n1)N(c1[c-]cccc1)[CH-]N2c1ccccc1.CC(C)(C)c1cnc2c(n1)N(c1ccccc1)[CH-]N2c1[c-]cccc1.[Ir]. The first-order valence-electron chi connectivity index (χ1n) is 25.1. The van der Waals surface area contributed by atoms with Crippen LogP contribution in [0.5, 0.6) is 0 Å². The quantitative estimate of drug-likeness (QED) is 0.148. The number of anilines is 12. The van der Waals surface area contributed by atoms with Crippen molar-refractivity contribution in [1.29, 1.82) is 0 Å². The Balaban J connectivity index is 0.000000138. The first-order chi connectivity index (χ1) is 36.1. The molecule has 0 fully saturated rings. The van der Waals surface area contributed by atoms with Crippen LogP contribution >= 0.6 is 0 Å². The zero-order chi connectivity index (χ0) is 52.3. The number of fused-ring (bicyclic) bond motifs is 3. The average molecular weight is 1180 g/mol. The van der Waals surface area contributed by atoms with Gasteiger partial charge in [-0.1, -0.05) is 117 Å². The number of aromatic nitrogens is 6. The minimum Gasteiger partial charge on any atom is -0.477 e. The van der Waals surface area contributed by atoms with Gasteiger partial charge in [0.25, 0.3) is 0 Å². The molecule has 0 atom stereocenters. The molecule has 9 aromatic rings. The second-order valence-electron chi connectivity index (χ2n) is 21.3. The van der Waals surface area contributed by atoms with Gasteiger partial charge in [-0.3, -0.25) is 0 Å². The van der Waals surface area contributed by atoms with Crippen LogP contribution in [0.15, 0.2) is 182 Å². The van der Waals surface area contributed by atoms with Gasteiger partial charge in [0.15, 0.2) is 0 Å². The van der Waals surface area contributed by atoms with E-state index in [1.807, 2.05) is 181 Å². The zero-order valence-corrected chi connectivity index (χ0v) is 46.6. The fraction of sp³-hybridized carbons (Fsp3) is 0.190. The zero-order valence-electron chi connectivity index (χ0n) is 44.3. The molecule has 6 aromatic carbocycles. The van der Waals surface area contributed by atoms with E-state index in [0.717, 1.165) is 86.1 Å². The molecule has 3 aliphatic rings. The van der Waals surface area contributed by atoms with Crippen LogP contribution in [-0.2, 0) is 36.4 Å². The number of benzene rings is 6. The van der Waals surface area contributed by atoms with Crippen LogP contribution in [0, 0.1) is 38.2 Å². The third-order valence-electron chi connectivity index (χ3n) is 12.5. The van der Waals surface area contributed by atoms with Crippen molar-refractivity contribution < 1.29 is 20.1 Å². The summed E-state index contributed by atoms with van der Waals surface area (Å²) in [6, 6.07) is 64.2. The molecule has 1 radical (unpaired) electrons. The maximum atomic E-state index is 4.93. The first kappa shape index (κ1) is 52.9. The molecule has 0 aliphatic carbocycles. The number of nitrogens with zero attached hydrogens (tertiary/aromatic N) is 12. The van der Waals surface area contributed by atoms with Gasteiger partial charge < -0.3 is 29.4 Å². The molecule has 0 saturated heterocycles. The molecule has 0 saturated carbocycles. The van der Waals surface area contributed by atoms with Crippen molar-refractivity contribution in [2.24, 2.45) is 0 Å². The van der Waals surface area contributed by atoms with Gasteiger partial charge in [0.05, 0.1) is 35.7 Å². The third-order valence-corrected chi connectivity index (χ3v) is 12.5. The normalized spacial score (nSPS) is 13.7. The molecule has 0 amide bonds. The maximum absolute atomic E-state index is 4.93. The Morgan fingerprint density at radius 1 is 0.316 bits per heavy atom. The first-order valence-corrected chi connectivity index (χ1v) is 25.1. The van der Waals surface area contributed by atoms with E-state index in [-0.39, 0.29) is 36.4 Å². The van der Waals surface area contributed by atoms with Crippen molar-refractivity contribution in [3.05, 3.63) is 238 Å². The van der Waals surface area contributed by atoms with Crippen molar-refractivity contribution in [2.75, 3.05) is 29.4 Å². The molecular formula is C63H60IrN12-6. The largest absolute Gasteiger partial charge is 0.477 e. The van der Waals surface area contributed by atoms with Gasteiger partial charge in [-0.15, -0.1) is 37.1 Å². The fourth-order valence-electron chi connectivity index (χ4n) is 8.33. The third kappa shape index (κ3) is 11.3. The summed E-state index contributed by atoms with van der Waals surface area (Å²) in [7, 11) is 0. The van der Waals surface area contributed by atoms with Crippen LogP contribution in [-0.4, -0.2) is 29.9 Å². The average Bonchev–Trinajstić information content (AvgIpc) is 4.15. The number of hydrogen-bond donors (Lipinski definition) is 0. The van der Waals surface area contributed by atoms with E-state index in [1.54, 1.807) is 0 Å². The molecule has 13 heteroatoms. The van der Waals surface area contributed by atoms with Crippen molar-refractivity contribution in [3.63, 3.8) is 0 Å². The molecule has 387 valence electrons. The van der Waals surface area contributed by atoms with E-state index in [0.29, 0.717) is 0 Å². The summed E-state index contributed by atoms with van der Waals surface area (Å²) in [5, 5.41) is 0. The van der Waals surface area contributed by atoms with Crippen molar-refractivity contribution in [3.8, 4) is 0 Å². The van der Waals surface area contributed by atoms with Crippen LogP contribution < -0.4 is 29.4 Å². The Kier molecular flexibility index (Phi) is 15.4. The summed E-state index contributed by atoms with van der Waals surface area (Å²) in [4.78, 5) is 41.3. The Morgan fingerprint density at radius 3 is 0.842 bits per heavy atom. The molecular weight excluding hydrogens is 1120 g/mol. The van der Waals surface area contributed by atoms with E-state index in [2.05, 4.69) is 132 Å². The van der Waals surface area contributed by atoms with Crippen molar-refractivity contribution >= 4 is 69.0 Å². The Bertz CT molecular complexity index is 2970. The maximum Gasteiger partial charge on any atom is 0.146 e. The molecule has 0 bridgehead atoms. The molecule has 76 heavy (non-hydrogen) atoms. The van der Waals surface area contributed by atoms with Crippen LogP contribution in [0.25, 0.3) is 0 Å². The topological polar surface area (TPSA) is 96.8 Å². The molecule has 0 N–H and O–H groups in total. The molecule has 12 nitrogen and oxygen atoms in total. The van der Waals surface area contributed by atoms with E-state index in [1.165, 1.54) is 0 Å². The van der Waals surface area contributed by atoms with Crippen LogP contribution in [0.2, 0.25) is 0 Å². The van der Waals surface area contributed by atoms with Gasteiger partial charge >= 0.3 is 0 Å². The summed E-state index contributed by atoms with van der Waals surface area (Å²) in [6.45, 7) is 25.4. The predicted octanol–water partition coefficient (Wildman–Crippen LogP) is 14.9. The van der Waals surface area contributed by atoms with Crippen molar-refractivity contribution in [2.45, 2.75) is 78.6 Å². The van der Waals surface area contributed by atoms with E-state index in [4.69, 9.17) is 29.9 Å². The Labute approximate surface area is 462 Å². The second-order valence-corrected chi connectivity index (χ2v) is 21.3. The monoisotopic (exact) mass is 1180 g/mol. The molecule has 3 aromatic heterocycles. The van der Waals surface area contributed by atoms with Crippen LogP contribution in [0.3, 0.4) is 0 Å². The summed E-state index contributed by atoms with van der Waals surface area (Å²) < 4.78 is 0.